The Hall–Kier alpha value is -8.94. The van der Waals surface area contributed by atoms with E-state index in [0.717, 1.165) is 77.7 Å². The molecule has 4 heterocycles. The molecule has 68 heavy (non-hydrogen) atoms. The minimum atomic E-state index is -0.241. The van der Waals surface area contributed by atoms with Crippen molar-refractivity contribution in [3.05, 3.63) is 230 Å². The van der Waals surface area contributed by atoms with E-state index in [9.17, 15) is 0 Å². The summed E-state index contributed by atoms with van der Waals surface area (Å²) in [6.07, 6.45) is 0. The SMILES string of the molecule is CC1(C)c2ccccc2N(c2ccccc2)c2ccc(-c3ccc4c(c3)c3ccc5nc(-c6ccccc6)oc5c3n4-c3cccc(-c4nc(-c5ccccc5)nc(-c5ccccc5)n4)c3)cc21. The first kappa shape index (κ1) is 39.4. The van der Waals surface area contributed by atoms with Crippen LogP contribution in [0.25, 0.3) is 95.3 Å². The molecule has 3 aromatic heterocycles. The molecule has 0 amide bonds. The van der Waals surface area contributed by atoms with E-state index < -0.39 is 0 Å². The van der Waals surface area contributed by atoms with Crippen molar-refractivity contribution in [3.63, 3.8) is 0 Å². The summed E-state index contributed by atoms with van der Waals surface area (Å²) in [6, 6.07) is 76.3. The fourth-order valence-corrected chi connectivity index (χ4v) is 10.1. The Kier molecular flexibility index (Phi) is 9.05. The van der Waals surface area contributed by atoms with E-state index in [1.807, 2.05) is 91.0 Å². The van der Waals surface area contributed by atoms with Gasteiger partial charge in [-0.15, -0.1) is 0 Å². The molecule has 0 N–H and O–H groups in total. The largest absolute Gasteiger partial charge is 0.434 e. The van der Waals surface area contributed by atoms with Crippen molar-refractivity contribution in [2.45, 2.75) is 19.3 Å². The van der Waals surface area contributed by atoms with E-state index in [2.05, 4.69) is 151 Å². The number of nitrogens with zero attached hydrogens (tertiary/aromatic N) is 6. The standard InChI is InChI=1S/C61H42N6O/c1-61(2)49-28-15-16-29-53(49)66(45-25-13-6-14-26-45)54-35-31-43(38-50(54)61)42-30-34-52-48(37-42)47-32-33-51-56(68-60(62-51)41-22-11-5-12-23-41)55(47)67(52)46-27-17-24-44(36-46)59-64-57(39-18-7-3-8-19-39)63-58(65-59)40-20-9-4-10-21-40/h3-38H,1-2H3. The average Bonchev–Trinajstić information content (AvgIpc) is 3.99. The highest BCUT2D eigenvalue weighted by Crippen LogP contribution is 2.53. The smallest absolute Gasteiger partial charge is 0.227 e. The zero-order valence-electron chi connectivity index (χ0n) is 37.4. The second-order valence-electron chi connectivity index (χ2n) is 17.9. The molecule has 0 fully saturated rings. The van der Waals surface area contributed by atoms with Crippen LogP contribution in [0.1, 0.15) is 25.0 Å². The van der Waals surface area contributed by atoms with Crippen molar-refractivity contribution in [3.8, 4) is 62.4 Å². The minimum absolute atomic E-state index is 0.241. The summed E-state index contributed by atoms with van der Waals surface area (Å²) in [5, 5.41) is 2.17. The minimum Gasteiger partial charge on any atom is -0.434 e. The first-order chi connectivity index (χ1) is 33.5. The maximum atomic E-state index is 6.81. The van der Waals surface area contributed by atoms with Gasteiger partial charge in [0.15, 0.2) is 23.1 Å². The van der Waals surface area contributed by atoms with Crippen LogP contribution in [0.3, 0.4) is 0 Å². The summed E-state index contributed by atoms with van der Waals surface area (Å²) in [7, 11) is 0. The quantitative estimate of drug-likeness (QED) is 0.159. The van der Waals surface area contributed by atoms with Crippen molar-refractivity contribution < 1.29 is 4.42 Å². The maximum absolute atomic E-state index is 6.81. The van der Waals surface area contributed by atoms with E-state index in [4.69, 9.17) is 24.4 Å². The molecule has 0 bridgehead atoms. The Balaban J connectivity index is 1.00. The lowest BCUT2D eigenvalue weighted by molar-refractivity contribution is 0.621. The topological polar surface area (TPSA) is 72.9 Å². The van der Waals surface area contributed by atoms with E-state index in [1.165, 1.54) is 22.5 Å². The first-order valence-corrected chi connectivity index (χ1v) is 23.0. The normalized spacial score (nSPS) is 12.9. The molecule has 13 rings (SSSR count). The summed E-state index contributed by atoms with van der Waals surface area (Å²) in [5.74, 6) is 2.39. The Bertz CT molecular complexity index is 3820. The van der Waals surface area contributed by atoms with Crippen LogP contribution >= 0.6 is 0 Å². The zero-order valence-corrected chi connectivity index (χ0v) is 37.4. The molecule has 1 aliphatic heterocycles. The number of benzene rings is 9. The fraction of sp³-hybridized carbons (Fsp3) is 0.0492. The highest BCUT2D eigenvalue weighted by Gasteiger charge is 2.37. The van der Waals surface area contributed by atoms with Crippen LogP contribution in [0.15, 0.2) is 223 Å². The van der Waals surface area contributed by atoms with Crippen LogP contribution in [0, 0.1) is 0 Å². The second kappa shape index (κ2) is 15.6. The summed E-state index contributed by atoms with van der Waals surface area (Å²) in [5.41, 5.74) is 16.2. The molecule has 322 valence electrons. The maximum Gasteiger partial charge on any atom is 0.227 e. The highest BCUT2D eigenvalue weighted by atomic mass is 16.3. The molecule has 12 aromatic rings. The molecule has 0 atom stereocenters. The van der Waals surface area contributed by atoms with Crippen LogP contribution < -0.4 is 4.90 Å². The van der Waals surface area contributed by atoms with Gasteiger partial charge in [0.25, 0.3) is 0 Å². The van der Waals surface area contributed by atoms with Crippen LogP contribution in [0.5, 0.6) is 0 Å². The fourth-order valence-electron chi connectivity index (χ4n) is 10.1. The Morgan fingerprint density at radius 3 is 1.66 bits per heavy atom. The molecule has 1 aliphatic rings. The van der Waals surface area contributed by atoms with Gasteiger partial charge in [0, 0.05) is 49.8 Å². The second-order valence-corrected chi connectivity index (χ2v) is 17.9. The number of oxazole rings is 1. The summed E-state index contributed by atoms with van der Waals surface area (Å²) in [4.78, 5) is 22.6. The third-order valence-electron chi connectivity index (χ3n) is 13.4. The van der Waals surface area contributed by atoms with Crippen molar-refractivity contribution in [1.82, 2.24) is 24.5 Å². The predicted molar refractivity (Wildman–Crippen MR) is 276 cm³/mol. The molecular weight excluding hydrogens is 833 g/mol. The first-order valence-electron chi connectivity index (χ1n) is 23.0. The number of hydrogen-bond acceptors (Lipinski definition) is 6. The molecule has 0 saturated carbocycles. The van der Waals surface area contributed by atoms with E-state index in [-0.39, 0.29) is 5.41 Å². The van der Waals surface area contributed by atoms with E-state index in [0.29, 0.717) is 23.4 Å². The average molecular weight is 875 g/mol. The number of hydrogen-bond donors (Lipinski definition) is 0. The lowest BCUT2D eigenvalue weighted by Crippen LogP contribution is -2.30. The van der Waals surface area contributed by atoms with Crippen LogP contribution in [0.4, 0.5) is 17.1 Å². The van der Waals surface area contributed by atoms with Gasteiger partial charge < -0.3 is 13.9 Å². The summed E-state index contributed by atoms with van der Waals surface area (Å²) in [6.45, 7) is 4.69. The third kappa shape index (κ3) is 6.43. The molecule has 0 saturated heterocycles. The number of para-hydroxylation sites is 2. The van der Waals surface area contributed by atoms with Gasteiger partial charge in [-0.1, -0.05) is 153 Å². The number of anilines is 3. The van der Waals surface area contributed by atoms with Gasteiger partial charge in [0.05, 0.1) is 22.4 Å². The summed E-state index contributed by atoms with van der Waals surface area (Å²) < 4.78 is 9.12. The Morgan fingerprint density at radius 2 is 0.956 bits per heavy atom. The van der Waals surface area contributed by atoms with Crippen molar-refractivity contribution in [1.29, 1.82) is 0 Å². The van der Waals surface area contributed by atoms with Crippen molar-refractivity contribution in [2.24, 2.45) is 0 Å². The monoisotopic (exact) mass is 874 g/mol. The van der Waals surface area contributed by atoms with E-state index >= 15 is 0 Å². The Morgan fingerprint density at radius 1 is 0.397 bits per heavy atom. The Labute approximate surface area is 393 Å². The lowest BCUT2D eigenvalue weighted by Gasteiger charge is -2.42. The van der Waals surface area contributed by atoms with Crippen LogP contribution in [-0.2, 0) is 5.41 Å². The number of fused-ring (bicyclic) bond motifs is 7. The van der Waals surface area contributed by atoms with Gasteiger partial charge in [0.2, 0.25) is 5.89 Å². The molecule has 0 radical (unpaired) electrons. The van der Waals surface area contributed by atoms with Crippen molar-refractivity contribution >= 4 is 50.0 Å². The van der Waals surface area contributed by atoms with Gasteiger partial charge in [-0.05, 0) is 101 Å². The molecule has 9 aromatic carbocycles. The highest BCUT2D eigenvalue weighted by molar-refractivity contribution is 6.17. The number of aromatic nitrogens is 5. The predicted octanol–water partition coefficient (Wildman–Crippen LogP) is 15.6. The van der Waals surface area contributed by atoms with Gasteiger partial charge in [-0.2, -0.15) is 0 Å². The van der Waals surface area contributed by atoms with Gasteiger partial charge in [-0.25, -0.2) is 19.9 Å². The number of rotatable bonds is 7. The van der Waals surface area contributed by atoms with Crippen LogP contribution in [0.2, 0.25) is 0 Å². The summed E-state index contributed by atoms with van der Waals surface area (Å²) >= 11 is 0. The molecular formula is C61H42N6O. The molecule has 0 aliphatic carbocycles. The molecule has 0 unspecified atom stereocenters. The molecule has 0 spiro atoms. The van der Waals surface area contributed by atoms with Gasteiger partial charge in [0.1, 0.15) is 5.52 Å². The van der Waals surface area contributed by atoms with E-state index in [1.54, 1.807) is 0 Å². The van der Waals surface area contributed by atoms with Crippen molar-refractivity contribution in [2.75, 3.05) is 4.90 Å². The molecule has 7 nitrogen and oxygen atoms in total. The lowest BCUT2D eigenvalue weighted by atomic mass is 9.73. The third-order valence-corrected chi connectivity index (χ3v) is 13.4. The molecule has 7 heteroatoms. The van der Waals surface area contributed by atoms with Gasteiger partial charge in [-0.3, -0.25) is 0 Å². The van der Waals surface area contributed by atoms with Crippen LogP contribution in [-0.4, -0.2) is 24.5 Å². The zero-order chi connectivity index (χ0) is 45.3. The van der Waals surface area contributed by atoms with Gasteiger partial charge >= 0.3 is 0 Å².